The molecule has 4 aromatic rings. The number of hydrogen-bond donors (Lipinski definition) is 0. The molecule has 0 aliphatic rings. The van der Waals surface area contributed by atoms with E-state index >= 15 is 0 Å². The van der Waals surface area contributed by atoms with Crippen LogP contribution in [-0.2, 0) is 27.3 Å². The smallest absolute Gasteiger partial charge is 0.330 e. The number of benzene rings is 3. The minimum Gasteiger partial charge on any atom is -0.463 e. The Morgan fingerprint density at radius 1 is 0.865 bits per heavy atom. The van der Waals surface area contributed by atoms with E-state index in [9.17, 15) is 9.59 Å². The monoisotopic (exact) mass is 492 g/mol. The highest BCUT2D eigenvalue weighted by Gasteiger charge is 2.15. The van der Waals surface area contributed by atoms with Gasteiger partial charge in [0.25, 0.3) is 0 Å². The van der Waals surface area contributed by atoms with Crippen LogP contribution in [0.5, 0.6) is 0 Å². The number of carbonyl (C=O) groups excluding carboxylic acids is 2. The zero-order valence-corrected chi connectivity index (χ0v) is 21.3. The lowest BCUT2D eigenvalue weighted by molar-refractivity contribution is -0.137. The first kappa shape index (κ1) is 25.7. The fourth-order valence-corrected chi connectivity index (χ4v) is 4.24. The minimum absolute atomic E-state index is 0.0268. The van der Waals surface area contributed by atoms with E-state index in [2.05, 4.69) is 24.3 Å². The number of amides is 1. The van der Waals surface area contributed by atoms with Crippen LogP contribution in [0.15, 0.2) is 91.1 Å². The number of carbonyl (C=O) groups is 2. The fraction of sp³-hybridized carbons (Fsp3) is 0.188. The van der Waals surface area contributed by atoms with E-state index in [1.54, 1.807) is 17.9 Å². The van der Waals surface area contributed by atoms with Gasteiger partial charge in [-0.25, -0.2) is 4.79 Å². The molecule has 37 heavy (non-hydrogen) atoms. The molecule has 0 radical (unpaired) electrons. The van der Waals surface area contributed by atoms with E-state index in [-0.39, 0.29) is 12.5 Å². The standard InChI is InChI=1S/C32H32N2O3/c1-3-37-31(36)20-19-28-23-34(24-30(35)33(2)22-21-26-13-8-5-9-14-26)29-16-10-15-27(32(28)29)18-17-25-11-6-4-7-12-25/h4-20,23H,3,21-22,24H2,1-2H3. The quantitative estimate of drug-likeness (QED) is 0.153. The molecule has 0 bridgehead atoms. The van der Waals surface area contributed by atoms with Gasteiger partial charge in [0.05, 0.1) is 6.61 Å². The van der Waals surface area contributed by atoms with E-state index in [4.69, 9.17) is 4.74 Å². The number of hydrogen-bond acceptors (Lipinski definition) is 3. The lowest BCUT2D eigenvalue weighted by Crippen LogP contribution is -2.31. The Morgan fingerprint density at radius 2 is 1.59 bits per heavy atom. The minimum atomic E-state index is -0.391. The average Bonchev–Trinajstić information content (AvgIpc) is 3.28. The van der Waals surface area contributed by atoms with Crippen LogP contribution in [0.25, 0.3) is 29.1 Å². The molecule has 0 aliphatic carbocycles. The van der Waals surface area contributed by atoms with Crippen LogP contribution in [0.4, 0.5) is 0 Å². The van der Waals surface area contributed by atoms with Gasteiger partial charge in [0.1, 0.15) is 6.54 Å². The molecule has 0 atom stereocenters. The number of ether oxygens (including phenoxy) is 1. The topological polar surface area (TPSA) is 51.5 Å². The summed E-state index contributed by atoms with van der Waals surface area (Å²) in [5.74, 6) is -0.364. The second kappa shape index (κ2) is 12.5. The van der Waals surface area contributed by atoms with Gasteiger partial charge in [-0.15, -0.1) is 0 Å². The molecule has 3 aromatic carbocycles. The van der Waals surface area contributed by atoms with Gasteiger partial charge in [0, 0.05) is 42.3 Å². The van der Waals surface area contributed by atoms with Gasteiger partial charge in [-0.05, 0) is 42.2 Å². The van der Waals surface area contributed by atoms with E-state index < -0.39 is 5.97 Å². The summed E-state index contributed by atoms with van der Waals surface area (Å²) < 4.78 is 7.03. The van der Waals surface area contributed by atoms with Crippen LogP contribution in [0.3, 0.4) is 0 Å². The maximum Gasteiger partial charge on any atom is 0.330 e. The molecular formula is C32H32N2O3. The first-order chi connectivity index (χ1) is 18.0. The normalized spacial score (nSPS) is 11.4. The van der Waals surface area contributed by atoms with E-state index in [0.29, 0.717) is 13.2 Å². The van der Waals surface area contributed by atoms with Crippen molar-refractivity contribution in [3.63, 3.8) is 0 Å². The zero-order chi connectivity index (χ0) is 26.0. The van der Waals surface area contributed by atoms with Crippen molar-refractivity contribution in [1.82, 2.24) is 9.47 Å². The summed E-state index contributed by atoms with van der Waals surface area (Å²) in [6.07, 6.45) is 10.1. The summed E-state index contributed by atoms with van der Waals surface area (Å²) in [5.41, 5.74) is 5.10. The predicted octanol–water partition coefficient (Wildman–Crippen LogP) is 6.09. The van der Waals surface area contributed by atoms with Gasteiger partial charge in [-0.1, -0.05) is 84.9 Å². The van der Waals surface area contributed by atoms with Crippen molar-refractivity contribution in [1.29, 1.82) is 0 Å². The Labute approximate surface area is 218 Å². The molecule has 0 unspecified atom stereocenters. The van der Waals surface area contributed by atoms with E-state index in [1.807, 2.05) is 84.5 Å². The Balaban J connectivity index is 1.62. The number of rotatable bonds is 10. The Morgan fingerprint density at radius 3 is 2.32 bits per heavy atom. The molecule has 1 amide bonds. The lowest BCUT2D eigenvalue weighted by Gasteiger charge is -2.18. The summed E-state index contributed by atoms with van der Waals surface area (Å²) in [6, 6.07) is 26.3. The third-order valence-corrected chi connectivity index (χ3v) is 6.22. The number of esters is 1. The highest BCUT2D eigenvalue weighted by Crippen LogP contribution is 2.28. The van der Waals surface area contributed by atoms with Gasteiger partial charge in [0.2, 0.25) is 5.91 Å². The molecule has 0 saturated carbocycles. The van der Waals surface area contributed by atoms with Gasteiger partial charge in [-0.3, -0.25) is 4.79 Å². The average molecular weight is 493 g/mol. The van der Waals surface area contributed by atoms with Gasteiger partial charge in [0.15, 0.2) is 0 Å². The number of fused-ring (bicyclic) bond motifs is 1. The molecule has 5 nitrogen and oxygen atoms in total. The van der Waals surface area contributed by atoms with Gasteiger partial charge in [-0.2, -0.15) is 0 Å². The zero-order valence-electron chi connectivity index (χ0n) is 21.3. The van der Waals surface area contributed by atoms with Crippen molar-refractivity contribution in [2.24, 2.45) is 0 Å². The summed E-state index contributed by atoms with van der Waals surface area (Å²) in [4.78, 5) is 26.9. The predicted molar refractivity (Wildman–Crippen MR) is 151 cm³/mol. The van der Waals surface area contributed by atoms with Crippen LogP contribution in [0, 0.1) is 0 Å². The summed E-state index contributed by atoms with van der Waals surface area (Å²) >= 11 is 0. The Kier molecular flexibility index (Phi) is 8.71. The molecule has 0 aliphatic heterocycles. The van der Waals surface area contributed by atoms with Crippen molar-refractivity contribution in [3.8, 4) is 0 Å². The molecule has 1 aromatic heterocycles. The fourth-order valence-electron chi connectivity index (χ4n) is 4.24. The highest BCUT2D eigenvalue weighted by atomic mass is 16.5. The van der Waals surface area contributed by atoms with Crippen molar-refractivity contribution in [2.75, 3.05) is 20.2 Å². The molecule has 4 rings (SSSR count). The second-order valence-electron chi connectivity index (χ2n) is 8.83. The molecular weight excluding hydrogens is 460 g/mol. The van der Waals surface area contributed by atoms with Crippen LogP contribution in [0.2, 0.25) is 0 Å². The Bertz CT molecular complexity index is 1400. The van der Waals surface area contributed by atoms with Crippen molar-refractivity contribution >= 4 is 41.0 Å². The molecule has 188 valence electrons. The van der Waals surface area contributed by atoms with Gasteiger partial charge >= 0.3 is 5.97 Å². The second-order valence-corrected chi connectivity index (χ2v) is 8.83. The van der Waals surface area contributed by atoms with Crippen molar-refractivity contribution in [2.45, 2.75) is 19.9 Å². The first-order valence-electron chi connectivity index (χ1n) is 12.5. The maximum absolute atomic E-state index is 13.1. The van der Waals surface area contributed by atoms with Crippen molar-refractivity contribution in [3.05, 3.63) is 113 Å². The molecule has 0 spiro atoms. The molecule has 0 fully saturated rings. The SMILES string of the molecule is CCOC(=O)C=Cc1cn(CC(=O)N(C)CCc2ccccc2)c2cccc(C=Cc3ccccc3)c12. The number of likely N-dealkylation sites (N-methyl/N-ethyl adjacent to an activating group) is 1. The molecule has 0 saturated heterocycles. The molecule has 0 N–H and O–H groups in total. The summed E-state index contributed by atoms with van der Waals surface area (Å²) in [7, 11) is 1.84. The van der Waals surface area contributed by atoms with Crippen LogP contribution in [0.1, 0.15) is 29.2 Å². The van der Waals surface area contributed by atoms with Gasteiger partial charge < -0.3 is 14.2 Å². The van der Waals surface area contributed by atoms with Crippen LogP contribution >= 0.6 is 0 Å². The lowest BCUT2D eigenvalue weighted by atomic mass is 10.0. The van der Waals surface area contributed by atoms with E-state index in [1.165, 1.54) is 11.6 Å². The summed E-state index contributed by atoms with van der Waals surface area (Å²) in [5, 5.41) is 0.981. The number of nitrogens with zero attached hydrogens (tertiary/aromatic N) is 2. The third kappa shape index (κ3) is 6.85. The van der Waals surface area contributed by atoms with E-state index in [0.717, 1.165) is 34.0 Å². The first-order valence-corrected chi connectivity index (χ1v) is 12.5. The Hall–Kier alpha value is -4.38. The van der Waals surface area contributed by atoms with Crippen LogP contribution in [-0.4, -0.2) is 41.5 Å². The molecule has 5 heteroatoms. The van der Waals surface area contributed by atoms with Crippen molar-refractivity contribution < 1.29 is 14.3 Å². The largest absolute Gasteiger partial charge is 0.463 e. The third-order valence-electron chi connectivity index (χ3n) is 6.22. The van der Waals surface area contributed by atoms with Crippen LogP contribution < -0.4 is 0 Å². The molecule has 1 heterocycles. The highest BCUT2D eigenvalue weighted by molar-refractivity contribution is 6.00. The number of aromatic nitrogens is 1. The maximum atomic E-state index is 13.1. The summed E-state index contributed by atoms with van der Waals surface area (Å²) in [6.45, 7) is 2.95.